The third kappa shape index (κ3) is 2.81. The number of fused-ring (bicyclic) bond motifs is 1. The average molecular weight is 319 g/mol. The topological polar surface area (TPSA) is 80.9 Å². The fraction of sp³-hybridized carbons (Fsp3) is 0. The van der Waals surface area contributed by atoms with Gasteiger partial charge in [-0.05, 0) is 24.3 Å². The smallest absolute Gasteiger partial charge is 0.176 e. The molecule has 0 spiro atoms. The molecule has 0 aliphatic carbocycles. The summed E-state index contributed by atoms with van der Waals surface area (Å²) in [6.07, 6.45) is 0. The van der Waals surface area contributed by atoms with Gasteiger partial charge < -0.3 is 5.73 Å². The normalized spacial score (nSPS) is 12.2. The van der Waals surface area contributed by atoms with Crippen LogP contribution in [0, 0.1) is 0 Å². The highest BCUT2D eigenvalue weighted by Crippen LogP contribution is 2.23. The third-order valence-electron chi connectivity index (χ3n) is 2.84. The van der Waals surface area contributed by atoms with E-state index in [0.29, 0.717) is 21.6 Å². The van der Waals surface area contributed by atoms with Crippen LogP contribution in [0.2, 0.25) is 5.15 Å². The number of aromatic nitrogens is 2. The highest BCUT2D eigenvalue weighted by atomic mass is 35.5. The number of nitrogens with one attached hydrogen (secondary N) is 1. The van der Waals surface area contributed by atoms with Crippen LogP contribution in [0.25, 0.3) is 11.0 Å². The van der Waals surface area contributed by atoms with Crippen molar-refractivity contribution in [2.45, 2.75) is 4.90 Å². The minimum Gasteiger partial charge on any atom is -0.398 e. The summed E-state index contributed by atoms with van der Waals surface area (Å²) < 4.78 is 15.1. The first-order valence-electron chi connectivity index (χ1n) is 6.10. The Kier molecular flexibility index (Phi) is 3.72. The molecule has 7 heteroatoms. The minimum atomic E-state index is -1.56. The second-order valence-corrected chi connectivity index (χ2v) is 5.80. The van der Waals surface area contributed by atoms with Gasteiger partial charge in [-0.1, -0.05) is 35.9 Å². The summed E-state index contributed by atoms with van der Waals surface area (Å²) in [4.78, 5) is 9.03. The molecule has 0 aliphatic heterocycles. The van der Waals surface area contributed by atoms with Crippen LogP contribution in [0.15, 0.2) is 53.4 Å². The first-order chi connectivity index (χ1) is 10.1. The number of hydrogen-bond acceptors (Lipinski definition) is 4. The molecule has 3 N–H and O–H groups in total. The number of benzene rings is 2. The average Bonchev–Trinajstić information content (AvgIpc) is 2.48. The Bertz CT molecular complexity index is 840. The van der Waals surface area contributed by atoms with Gasteiger partial charge in [0.25, 0.3) is 0 Å². The molecule has 0 bridgehead atoms. The summed E-state index contributed by atoms with van der Waals surface area (Å²) >= 11 is 6.07. The van der Waals surface area contributed by atoms with E-state index in [0.717, 1.165) is 0 Å². The molecule has 0 amide bonds. The number of para-hydroxylation sites is 3. The van der Waals surface area contributed by atoms with Gasteiger partial charge in [0, 0.05) is 5.69 Å². The van der Waals surface area contributed by atoms with Gasteiger partial charge in [0.2, 0.25) is 0 Å². The number of rotatable bonds is 3. The Morgan fingerprint density at radius 3 is 2.33 bits per heavy atom. The van der Waals surface area contributed by atoms with E-state index in [4.69, 9.17) is 17.3 Å². The molecule has 0 radical (unpaired) electrons. The highest BCUT2D eigenvalue weighted by molar-refractivity contribution is 7.86. The van der Waals surface area contributed by atoms with Crippen molar-refractivity contribution in [1.29, 1.82) is 0 Å². The van der Waals surface area contributed by atoms with Crippen LogP contribution in [-0.2, 0) is 11.0 Å². The molecule has 1 atom stereocenters. The maximum absolute atomic E-state index is 12.3. The van der Waals surface area contributed by atoms with Gasteiger partial charge in [0.15, 0.2) is 22.0 Å². The number of hydrogen-bond donors (Lipinski definition) is 2. The first-order valence-corrected chi connectivity index (χ1v) is 7.63. The van der Waals surface area contributed by atoms with Crippen molar-refractivity contribution in [2.75, 3.05) is 10.5 Å². The number of nitrogens with zero attached hydrogens (tertiary/aromatic N) is 2. The second kappa shape index (κ2) is 5.67. The number of halogens is 1. The van der Waals surface area contributed by atoms with Crippen LogP contribution in [0.5, 0.6) is 0 Å². The Labute approximate surface area is 128 Å². The van der Waals surface area contributed by atoms with E-state index in [1.807, 2.05) is 24.3 Å². The highest BCUT2D eigenvalue weighted by Gasteiger charge is 2.12. The van der Waals surface area contributed by atoms with Crippen LogP contribution in [0.1, 0.15) is 0 Å². The molecule has 2 aromatic carbocycles. The summed E-state index contributed by atoms with van der Waals surface area (Å²) in [5, 5.41) is 0.163. The number of anilines is 2. The van der Waals surface area contributed by atoms with Crippen molar-refractivity contribution in [2.24, 2.45) is 0 Å². The third-order valence-corrected chi connectivity index (χ3v) is 4.25. The summed E-state index contributed by atoms with van der Waals surface area (Å²) in [6, 6.07) is 14.2. The molecule has 106 valence electrons. The van der Waals surface area contributed by atoms with E-state index in [9.17, 15) is 4.21 Å². The zero-order valence-electron chi connectivity index (χ0n) is 10.8. The van der Waals surface area contributed by atoms with Crippen molar-refractivity contribution in [3.05, 3.63) is 53.7 Å². The van der Waals surface area contributed by atoms with E-state index >= 15 is 0 Å². The lowest BCUT2D eigenvalue weighted by Crippen LogP contribution is -2.09. The standard InChI is InChI=1S/C14H11ClN4OS/c15-13-14(18-11-7-3-2-6-10(11)17-13)19-21(20)12-8-4-1-5-9(12)16/h1-8H,16H2,(H,18,19). The van der Waals surface area contributed by atoms with Crippen LogP contribution in [0.4, 0.5) is 11.5 Å². The van der Waals surface area contributed by atoms with Gasteiger partial charge in [-0.3, -0.25) is 4.72 Å². The largest absolute Gasteiger partial charge is 0.398 e. The van der Waals surface area contributed by atoms with E-state index in [2.05, 4.69) is 14.7 Å². The van der Waals surface area contributed by atoms with Gasteiger partial charge in [0.05, 0.1) is 15.9 Å². The molecule has 0 saturated heterocycles. The van der Waals surface area contributed by atoms with E-state index in [-0.39, 0.29) is 11.0 Å². The van der Waals surface area contributed by atoms with Crippen molar-refractivity contribution >= 4 is 45.1 Å². The lowest BCUT2D eigenvalue weighted by Gasteiger charge is -2.09. The lowest BCUT2D eigenvalue weighted by molar-refractivity contribution is 0.686. The molecule has 1 unspecified atom stereocenters. The van der Waals surface area contributed by atoms with Gasteiger partial charge in [-0.2, -0.15) is 0 Å². The quantitative estimate of drug-likeness (QED) is 0.727. The molecule has 0 aliphatic rings. The first kappa shape index (κ1) is 13.8. The SMILES string of the molecule is Nc1ccccc1S(=O)Nc1nc2ccccc2nc1Cl. The molecular formula is C14H11ClN4OS. The maximum Gasteiger partial charge on any atom is 0.176 e. The molecule has 0 saturated carbocycles. The minimum absolute atomic E-state index is 0.163. The zero-order chi connectivity index (χ0) is 14.8. The van der Waals surface area contributed by atoms with Crippen molar-refractivity contribution in [1.82, 2.24) is 9.97 Å². The number of nitrogens with two attached hydrogens (primary N) is 1. The lowest BCUT2D eigenvalue weighted by atomic mass is 10.3. The summed E-state index contributed by atoms with van der Waals surface area (Å²) in [6.45, 7) is 0. The summed E-state index contributed by atoms with van der Waals surface area (Å²) in [5.41, 5.74) is 7.59. The van der Waals surface area contributed by atoms with E-state index in [1.54, 1.807) is 24.3 Å². The number of nitrogen functional groups attached to an aromatic ring is 1. The molecular weight excluding hydrogens is 308 g/mol. The maximum atomic E-state index is 12.3. The van der Waals surface area contributed by atoms with Gasteiger partial charge in [-0.25, -0.2) is 14.2 Å². The van der Waals surface area contributed by atoms with E-state index in [1.165, 1.54) is 0 Å². The Morgan fingerprint density at radius 2 is 1.62 bits per heavy atom. The van der Waals surface area contributed by atoms with E-state index < -0.39 is 11.0 Å². The Hall–Kier alpha value is -2.18. The molecule has 3 rings (SSSR count). The van der Waals surface area contributed by atoms with Crippen LogP contribution in [0.3, 0.4) is 0 Å². The molecule has 0 fully saturated rings. The van der Waals surface area contributed by atoms with Gasteiger partial charge >= 0.3 is 0 Å². The van der Waals surface area contributed by atoms with Crippen molar-refractivity contribution in [3.63, 3.8) is 0 Å². The predicted octanol–water partition coefficient (Wildman–Crippen LogP) is 3.00. The molecule has 3 aromatic rings. The summed E-state index contributed by atoms with van der Waals surface area (Å²) in [7, 11) is -1.56. The fourth-order valence-corrected chi connectivity index (χ4v) is 2.98. The Balaban J connectivity index is 1.96. The summed E-state index contributed by atoms with van der Waals surface area (Å²) in [5.74, 6) is 0.261. The predicted molar refractivity (Wildman–Crippen MR) is 85.4 cm³/mol. The molecule has 5 nitrogen and oxygen atoms in total. The molecule has 1 aromatic heterocycles. The van der Waals surface area contributed by atoms with Gasteiger partial charge in [0.1, 0.15) is 0 Å². The van der Waals surface area contributed by atoms with Gasteiger partial charge in [-0.15, -0.1) is 0 Å². The van der Waals surface area contributed by atoms with Crippen LogP contribution in [-0.4, -0.2) is 14.2 Å². The molecule has 21 heavy (non-hydrogen) atoms. The van der Waals surface area contributed by atoms with Crippen molar-refractivity contribution in [3.8, 4) is 0 Å². The second-order valence-electron chi connectivity index (χ2n) is 4.26. The Morgan fingerprint density at radius 1 is 1.00 bits per heavy atom. The fourth-order valence-electron chi connectivity index (χ4n) is 1.84. The van der Waals surface area contributed by atoms with Crippen LogP contribution < -0.4 is 10.5 Å². The molecule has 1 heterocycles. The monoisotopic (exact) mass is 318 g/mol. The van der Waals surface area contributed by atoms with Crippen molar-refractivity contribution < 1.29 is 4.21 Å². The van der Waals surface area contributed by atoms with Crippen LogP contribution >= 0.6 is 11.6 Å². The zero-order valence-corrected chi connectivity index (χ0v) is 12.4.